The molecule has 0 aliphatic carbocycles. The van der Waals surface area contributed by atoms with E-state index in [1.807, 2.05) is 0 Å². The average Bonchev–Trinajstić information content (AvgIpc) is 1.96. The van der Waals surface area contributed by atoms with Gasteiger partial charge in [-0.1, -0.05) is 0 Å². The summed E-state index contributed by atoms with van der Waals surface area (Å²) in [5.41, 5.74) is 4.63. The Bertz CT molecular complexity index is 314. The Morgan fingerprint density at radius 3 is 2.83 bits per heavy atom. The maximum absolute atomic E-state index is 12.7. The van der Waals surface area contributed by atoms with Crippen LogP contribution in [0, 0.1) is 5.82 Å². The fraction of sp³-hybridized carbons (Fsp3) is 0. The fourth-order valence-electron chi connectivity index (χ4n) is 0.679. The number of amides is 1. The molecule has 0 spiro atoms. The van der Waals surface area contributed by atoms with Gasteiger partial charge in [-0.2, -0.15) is 0 Å². The Morgan fingerprint density at radius 1 is 1.58 bits per heavy atom. The van der Waals surface area contributed by atoms with Crippen molar-refractivity contribution in [2.75, 3.05) is 0 Å². The van der Waals surface area contributed by atoms with E-state index in [-0.39, 0.29) is 11.5 Å². The molecule has 0 aromatic heterocycles. The molecule has 0 bridgehead atoms. The largest absolute Gasteiger partial charge is 0.508 e. The van der Waals surface area contributed by atoms with Crippen molar-refractivity contribution in [1.82, 2.24) is 0 Å². The summed E-state index contributed by atoms with van der Waals surface area (Å²) in [4.78, 5) is 10.2. The van der Waals surface area contributed by atoms with E-state index in [9.17, 15) is 9.18 Å². The Hall–Kier alpha value is -1.78. The van der Waals surface area contributed by atoms with Crippen LogP contribution in [-0.2, 0) is 0 Å². The van der Waals surface area contributed by atoms with Crippen LogP contribution in [0.4, 0.5) is 9.18 Å². The Labute approximate surface area is 67.4 Å². The monoisotopic (exact) mass is 171 g/mol. The number of carbonyl (C=O) groups is 1. The van der Waals surface area contributed by atoms with Crippen LogP contribution in [0.1, 0.15) is 0 Å². The second kappa shape index (κ2) is 3.08. The van der Waals surface area contributed by atoms with Gasteiger partial charge >= 0.3 is 6.09 Å². The van der Waals surface area contributed by atoms with Crippen molar-refractivity contribution in [3.05, 3.63) is 24.0 Å². The van der Waals surface area contributed by atoms with E-state index in [0.717, 1.165) is 18.2 Å². The average molecular weight is 171 g/mol. The second-order valence-corrected chi connectivity index (χ2v) is 2.04. The van der Waals surface area contributed by atoms with Crippen molar-refractivity contribution in [2.45, 2.75) is 0 Å². The van der Waals surface area contributed by atoms with Crippen LogP contribution in [0.25, 0.3) is 0 Å². The van der Waals surface area contributed by atoms with Crippen LogP contribution in [-0.4, -0.2) is 11.2 Å². The van der Waals surface area contributed by atoms with Gasteiger partial charge in [0, 0.05) is 6.07 Å². The Kier molecular flexibility index (Phi) is 2.14. The molecule has 0 saturated heterocycles. The van der Waals surface area contributed by atoms with Gasteiger partial charge in [-0.05, 0) is 12.1 Å². The third-order valence-corrected chi connectivity index (χ3v) is 1.13. The predicted molar refractivity (Wildman–Crippen MR) is 38.3 cm³/mol. The van der Waals surface area contributed by atoms with Crippen LogP contribution >= 0.6 is 0 Å². The first-order valence-electron chi connectivity index (χ1n) is 3.05. The first-order chi connectivity index (χ1) is 5.59. The fourth-order valence-corrected chi connectivity index (χ4v) is 0.679. The lowest BCUT2D eigenvalue weighted by molar-refractivity contribution is 0.208. The highest BCUT2D eigenvalue weighted by atomic mass is 19.1. The molecule has 0 heterocycles. The van der Waals surface area contributed by atoms with E-state index in [0.29, 0.717) is 0 Å². The number of halogens is 1. The summed E-state index contributed by atoms with van der Waals surface area (Å²) in [6.07, 6.45) is -1.13. The number of rotatable bonds is 1. The minimum Gasteiger partial charge on any atom is -0.508 e. The molecule has 1 rings (SSSR count). The summed E-state index contributed by atoms with van der Waals surface area (Å²) in [6, 6.07) is 3.05. The lowest BCUT2D eigenvalue weighted by Crippen LogP contribution is -2.16. The molecule has 1 aromatic rings. The number of aromatic hydroxyl groups is 1. The number of hydrogen-bond acceptors (Lipinski definition) is 3. The number of carbonyl (C=O) groups excluding carboxylic acids is 1. The summed E-state index contributed by atoms with van der Waals surface area (Å²) < 4.78 is 16.9. The predicted octanol–water partition coefficient (Wildman–Crippen LogP) is 0.989. The summed E-state index contributed by atoms with van der Waals surface area (Å²) in [6.45, 7) is 0. The zero-order chi connectivity index (χ0) is 9.14. The van der Waals surface area contributed by atoms with Crippen molar-refractivity contribution in [1.29, 1.82) is 0 Å². The van der Waals surface area contributed by atoms with E-state index >= 15 is 0 Å². The topological polar surface area (TPSA) is 72.6 Å². The molecule has 64 valence electrons. The van der Waals surface area contributed by atoms with Gasteiger partial charge in [-0.3, -0.25) is 0 Å². The molecule has 0 aliphatic heterocycles. The van der Waals surface area contributed by atoms with Gasteiger partial charge in [0.1, 0.15) is 5.75 Å². The van der Waals surface area contributed by atoms with Crippen molar-refractivity contribution < 1.29 is 19.0 Å². The van der Waals surface area contributed by atoms with Gasteiger partial charge in [0.25, 0.3) is 0 Å². The highest BCUT2D eigenvalue weighted by Gasteiger charge is 2.06. The summed E-state index contributed by atoms with van der Waals surface area (Å²) in [5, 5.41) is 8.85. The first-order valence-corrected chi connectivity index (χ1v) is 3.05. The third kappa shape index (κ3) is 1.85. The molecule has 0 unspecified atom stereocenters. The lowest BCUT2D eigenvalue weighted by atomic mass is 10.3. The molecule has 0 atom stereocenters. The molecule has 4 nitrogen and oxygen atoms in total. The van der Waals surface area contributed by atoms with Crippen LogP contribution in [0.5, 0.6) is 11.5 Å². The molecule has 1 amide bonds. The summed E-state index contributed by atoms with van der Waals surface area (Å²) >= 11 is 0. The van der Waals surface area contributed by atoms with Gasteiger partial charge in [-0.15, -0.1) is 0 Å². The van der Waals surface area contributed by atoms with Crippen LogP contribution in [0.3, 0.4) is 0 Å². The number of ether oxygens (including phenoxy) is 1. The SMILES string of the molecule is NC(=O)Oc1cc(O)ccc1F. The number of hydrogen-bond donors (Lipinski definition) is 2. The maximum atomic E-state index is 12.7. The zero-order valence-electron chi connectivity index (χ0n) is 5.95. The lowest BCUT2D eigenvalue weighted by Gasteiger charge is -2.01. The maximum Gasteiger partial charge on any atom is 0.410 e. The molecule has 0 radical (unpaired) electrons. The summed E-state index contributed by atoms with van der Waals surface area (Å²) in [7, 11) is 0. The summed E-state index contributed by atoms with van der Waals surface area (Å²) in [5.74, 6) is -1.35. The molecule has 3 N–H and O–H groups in total. The van der Waals surface area contributed by atoms with Gasteiger partial charge in [0.2, 0.25) is 0 Å². The normalized spacial score (nSPS) is 9.42. The highest BCUT2D eigenvalue weighted by Crippen LogP contribution is 2.22. The number of benzene rings is 1. The minimum absolute atomic E-state index is 0.201. The molecular formula is C7H6FNO3. The number of phenolic OH excluding ortho intramolecular Hbond substituents is 1. The van der Waals surface area contributed by atoms with Gasteiger partial charge in [-0.25, -0.2) is 9.18 Å². The first kappa shape index (κ1) is 8.32. The van der Waals surface area contributed by atoms with E-state index < -0.39 is 11.9 Å². The van der Waals surface area contributed by atoms with Crippen molar-refractivity contribution in [3.8, 4) is 11.5 Å². The molecule has 0 aliphatic rings. The number of phenols is 1. The molecule has 0 fully saturated rings. The third-order valence-electron chi connectivity index (χ3n) is 1.13. The second-order valence-electron chi connectivity index (χ2n) is 2.04. The van der Waals surface area contributed by atoms with Crippen molar-refractivity contribution in [3.63, 3.8) is 0 Å². The zero-order valence-corrected chi connectivity index (χ0v) is 5.95. The molecule has 5 heteroatoms. The van der Waals surface area contributed by atoms with E-state index in [2.05, 4.69) is 10.5 Å². The molecule has 0 saturated carbocycles. The Morgan fingerprint density at radius 2 is 2.25 bits per heavy atom. The van der Waals surface area contributed by atoms with Gasteiger partial charge in [0.15, 0.2) is 11.6 Å². The number of primary amides is 1. The number of nitrogens with two attached hydrogens (primary N) is 1. The smallest absolute Gasteiger partial charge is 0.410 e. The quantitative estimate of drug-likeness (QED) is 0.661. The van der Waals surface area contributed by atoms with Crippen LogP contribution in [0.15, 0.2) is 18.2 Å². The molecular weight excluding hydrogens is 165 g/mol. The van der Waals surface area contributed by atoms with Crippen molar-refractivity contribution >= 4 is 6.09 Å². The minimum atomic E-state index is -1.13. The van der Waals surface area contributed by atoms with Crippen LogP contribution in [0.2, 0.25) is 0 Å². The van der Waals surface area contributed by atoms with Gasteiger partial charge < -0.3 is 15.6 Å². The highest BCUT2D eigenvalue weighted by molar-refractivity contribution is 5.68. The Balaban J connectivity index is 2.97. The van der Waals surface area contributed by atoms with Crippen molar-refractivity contribution in [2.24, 2.45) is 5.73 Å². The van der Waals surface area contributed by atoms with E-state index in [1.54, 1.807) is 0 Å². The van der Waals surface area contributed by atoms with E-state index in [4.69, 9.17) is 5.11 Å². The van der Waals surface area contributed by atoms with E-state index in [1.165, 1.54) is 0 Å². The van der Waals surface area contributed by atoms with Crippen LogP contribution < -0.4 is 10.5 Å². The standard InChI is InChI=1S/C7H6FNO3/c8-5-2-1-4(10)3-6(5)12-7(9)11/h1-3,10H,(H2,9,11). The van der Waals surface area contributed by atoms with Gasteiger partial charge in [0.05, 0.1) is 0 Å². The molecule has 1 aromatic carbocycles. The molecule has 12 heavy (non-hydrogen) atoms.